The first kappa shape index (κ1) is 19.6. The summed E-state index contributed by atoms with van der Waals surface area (Å²) in [6.45, 7) is 2.91. The van der Waals surface area contributed by atoms with E-state index in [1.165, 1.54) is 22.6 Å². The van der Waals surface area contributed by atoms with Crippen LogP contribution in [0.4, 0.5) is 5.69 Å². The van der Waals surface area contributed by atoms with Crippen LogP contribution in [0.2, 0.25) is 0 Å². The molecule has 158 valence electrons. The van der Waals surface area contributed by atoms with E-state index >= 15 is 0 Å². The van der Waals surface area contributed by atoms with Gasteiger partial charge in [-0.25, -0.2) is 4.98 Å². The van der Waals surface area contributed by atoms with Crippen LogP contribution in [-0.4, -0.2) is 33.9 Å². The van der Waals surface area contributed by atoms with E-state index in [9.17, 15) is 9.59 Å². The van der Waals surface area contributed by atoms with Gasteiger partial charge in [0, 0.05) is 18.8 Å². The molecule has 3 aromatic heterocycles. The van der Waals surface area contributed by atoms with Crippen LogP contribution in [0.25, 0.3) is 10.2 Å². The zero-order chi connectivity index (χ0) is 21.5. The van der Waals surface area contributed by atoms with Gasteiger partial charge in [0.25, 0.3) is 11.5 Å². The fourth-order valence-corrected chi connectivity index (χ4v) is 4.90. The fraction of sp³-hybridized carbons (Fsp3) is 0.261. The van der Waals surface area contributed by atoms with Gasteiger partial charge in [-0.1, -0.05) is 18.2 Å². The van der Waals surface area contributed by atoms with Gasteiger partial charge in [0.15, 0.2) is 0 Å². The van der Waals surface area contributed by atoms with Crippen molar-refractivity contribution in [3.63, 3.8) is 0 Å². The first-order chi connectivity index (χ1) is 15.0. The van der Waals surface area contributed by atoms with Crippen molar-refractivity contribution in [2.45, 2.75) is 32.5 Å². The molecule has 0 bridgehead atoms. The lowest BCUT2D eigenvalue weighted by Gasteiger charge is -2.24. The van der Waals surface area contributed by atoms with Crippen LogP contribution < -0.4 is 10.5 Å². The molecule has 4 aromatic rings. The predicted molar refractivity (Wildman–Crippen MR) is 121 cm³/mol. The molecule has 1 atom stereocenters. The predicted octanol–water partition coefficient (Wildman–Crippen LogP) is 3.80. The van der Waals surface area contributed by atoms with E-state index in [1.807, 2.05) is 17.5 Å². The highest BCUT2D eigenvalue weighted by molar-refractivity contribution is 7.17. The highest BCUT2D eigenvalue weighted by Gasteiger charge is 2.28. The minimum atomic E-state index is -0.179. The number of aromatic amines is 1. The third-order valence-corrected chi connectivity index (χ3v) is 6.64. The van der Waals surface area contributed by atoms with Crippen LogP contribution in [0.5, 0.6) is 0 Å². The van der Waals surface area contributed by atoms with Crippen LogP contribution in [0.3, 0.4) is 0 Å². The van der Waals surface area contributed by atoms with Gasteiger partial charge in [-0.2, -0.15) is 0 Å². The van der Waals surface area contributed by atoms with Crippen LogP contribution >= 0.6 is 11.3 Å². The van der Waals surface area contributed by atoms with Crippen molar-refractivity contribution in [1.82, 2.24) is 14.9 Å². The zero-order valence-electron chi connectivity index (χ0n) is 17.3. The SMILES string of the molecule is CC1Cc2ccccc2N1Cc1occc1C(=O)N(C)Cc1nc2ccsc2c(=O)[nH]1. The number of carbonyl (C=O) groups excluding carboxylic acids is 1. The average molecular weight is 435 g/mol. The number of carbonyl (C=O) groups is 1. The maximum Gasteiger partial charge on any atom is 0.268 e. The fourth-order valence-electron chi connectivity index (χ4n) is 4.18. The van der Waals surface area contributed by atoms with Gasteiger partial charge >= 0.3 is 0 Å². The smallest absolute Gasteiger partial charge is 0.268 e. The number of aromatic nitrogens is 2. The van der Waals surface area contributed by atoms with Crippen molar-refractivity contribution in [2.75, 3.05) is 11.9 Å². The normalized spacial score (nSPS) is 15.4. The summed E-state index contributed by atoms with van der Waals surface area (Å²) in [5, 5.41) is 1.83. The number of anilines is 1. The van der Waals surface area contributed by atoms with Gasteiger partial charge < -0.3 is 19.2 Å². The Morgan fingerprint density at radius 3 is 3.03 bits per heavy atom. The van der Waals surface area contributed by atoms with Gasteiger partial charge in [0.1, 0.15) is 16.3 Å². The molecule has 0 saturated heterocycles. The van der Waals surface area contributed by atoms with Gasteiger partial charge in [-0.3, -0.25) is 9.59 Å². The maximum atomic E-state index is 13.2. The number of hydrogen-bond acceptors (Lipinski definition) is 6. The Labute approximate surface area is 182 Å². The van der Waals surface area contributed by atoms with Crippen molar-refractivity contribution in [3.05, 3.63) is 81.1 Å². The molecule has 1 N–H and O–H groups in total. The van der Waals surface area contributed by atoms with E-state index in [4.69, 9.17) is 4.42 Å². The molecule has 1 aliphatic rings. The number of amides is 1. The quantitative estimate of drug-likeness (QED) is 0.517. The third-order valence-electron chi connectivity index (χ3n) is 5.74. The van der Waals surface area contributed by atoms with E-state index in [1.54, 1.807) is 24.3 Å². The molecule has 0 fully saturated rings. The van der Waals surface area contributed by atoms with E-state index in [0.717, 1.165) is 6.42 Å². The monoisotopic (exact) mass is 434 g/mol. The second kappa shape index (κ2) is 7.70. The highest BCUT2D eigenvalue weighted by atomic mass is 32.1. The summed E-state index contributed by atoms with van der Waals surface area (Å²) < 4.78 is 6.31. The average Bonchev–Trinajstić information content (AvgIpc) is 3.47. The number of furan rings is 1. The standard InChI is InChI=1S/C23H22N4O3S/c1-14-11-15-5-3-4-6-18(15)27(14)12-19-16(7-9-30-19)23(29)26(2)13-20-24-17-8-10-31-21(17)22(28)25-20/h3-10,14H,11-13H2,1-2H3,(H,24,25,28). The molecule has 31 heavy (non-hydrogen) atoms. The van der Waals surface area contributed by atoms with E-state index in [0.29, 0.717) is 40.0 Å². The molecule has 1 unspecified atom stereocenters. The molecule has 0 aliphatic carbocycles. The molecular weight excluding hydrogens is 412 g/mol. The number of thiophene rings is 1. The van der Waals surface area contributed by atoms with Crippen molar-refractivity contribution >= 4 is 33.1 Å². The molecule has 1 aliphatic heterocycles. The lowest BCUT2D eigenvalue weighted by molar-refractivity contribution is 0.0779. The number of rotatable bonds is 5. The van der Waals surface area contributed by atoms with Crippen LogP contribution in [-0.2, 0) is 19.5 Å². The Bertz CT molecular complexity index is 1320. The number of nitrogens with zero attached hydrogens (tertiary/aromatic N) is 3. The summed E-state index contributed by atoms with van der Waals surface area (Å²) in [4.78, 5) is 36.4. The summed E-state index contributed by atoms with van der Waals surface area (Å²) in [6.07, 6.45) is 2.53. The van der Waals surface area contributed by atoms with Crippen LogP contribution in [0.1, 0.15) is 34.4 Å². The molecule has 0 radical (unpaired) electrons. The zero-order valence-corrected chi connectivity index (χ0v) is 18.1. The molecule has 0 saturated carbocycles. The van der Waals surface area contributed by atoms with Crippen molar-refractivity contribution in [2.24, 2.45) is 0 Å². The Morgan fingerprint density at radius 2 is 2.16 bits per heavy atom. The number of H-pyrrole nitrogens is 1. The van der Waals surface area contributed by atoms with Gasteiger partial charge in [0.2, 0.25) is 0 Å². The number of fused-ring (bicyclic) bond motifs is 2. The van der Waals surface area contributed by atoms with Crippen molar-refractivity contribution in [3.8, 4) is 0 Å². The van der Waals surface area contributed by atoms with Crippen LogP contribution in [0, 0.1) is 0 Å². The molecule has 1 amide bonds. The molecule has 8 heteroatoms. The van der Waals surface area contributed by atoms with Crippen LogP contribution in [0.15, 0.2) is 57.3 Å². The minimum Gasteiger partial charge on any atom is -0.467 e. The topological polar surface area (TPSA) is 82.4 Å². The Morgan fingerprint density at radius 1 is 1.32 bits per heavy atom. The Kier molecular flexibility index (Phi) is 4.86. The summed E-state index contributed by atoms with van der Waals surface area (Å²) in [7, 11) is 1.70. The van der Waals surface area contributed by atoms with Crippen molar-refractivity contribution < 1.29 is 9.21 Å². The summed E-state index contributed by atoms with van der Waals surface area (Å²) in [5.74, 6) is 0.922. The summed E-state index contributed by atoms with van der Waals surface area (Å²) in [5.41, 5.74) is 3.49. The summed E-state index contributed by atoms with van der Waals surface area (Å²) >= 11 is 1.35. The maximum absolute atomic E-state index is 13.2. The minimum absolute atomic E-state index is 0.169. The Hall–Kier alpha value is -3.39. The molecular formula is C23H22N4O3S. The van der Waals surface area contributed by atoms with E-state index in [-0.39, 0.29) is 18.0 Å². The number of hydrogen-bond donors (Lipinski definition) is 1. The molecule has 7 nitrogen and oxygen atoms in total. The van der Waals surface area contributed by atoms with Gasteiger partial charge in [0.05, 0.1) is 30.4 Å². The molecule has 0 spiro atoms. The largest absolute Gasteiger partial charge is 0.467 e. The summed E-state index contributed by atoms with van der Waals surface area (Å²) in [6, 6.07) is 12.2. The van der Waals surface area contributed by atoms with Gasteiger partial charge in [-0.05, 0) is 42.5 Å². The third kappa shape index (κ3) is 3.53. The van der Waals surface area contributed by atoms with Gasteiger partial charge in [-0.15, -0.1) is 11.3 Å². The second-order valence-corrected chi connectivity index (χ2v) is 8.79. The number of benzene rings is 1. The number of nitrogens with one attached hydrogen (secondary N) is 1. The molecule has 5 rings (SSSR count). The first-order valence-corrected chi connectivity index (χ1v) is 11.0. The Balaban J connectivity index is 1.36. The lowest BCUT2D eigenvalue weighted by atomic mass is 10.1. The molecule has 4 heterocycles. The molecule has 1 aromatic carbocycles. The van der Waals surface area contributed by atoms with E-state index in [2.05, 4.69) is 40.0 Å². The first-order valence-electron chi connectivity index (χ1n) is 10.1. The second-order valence-electron chi connectivity index (χ2n) is 7.88. The van der Waals surface area contributed by atoms with E-state index < -0.39 is 0 Å². The van der Waals surface area contributed by atoms with Crippen molar-refractivity contribution in [1.29, 1.82) is 0 Å². The lowest BCUT2D eigenvalue weighted by Crippen LogP contribution is -2.31. The highest BCUT2D eigenvalue weighted by Crippen LogP contribution is 2.33. The number of para-hydroxylation sites is 1.